The van der Waals surface area contributed by atoms with E-state index in [9.17, 15) is 9.59 Å². The Morgan fingerprint density at radius 1 is 1.08 bits per heavy atom. The van der Waals surface area contributed by atoms with Crippen LogP contribution in [0.25, 0.3) is 5.57 Å². The highest BCUT2D eigenvalue weighted by molar-refractivity contribution is 6.30. The number of rotatable bonds is 5. The molecule has 1 aliphatic rings. The Hall–Kier alpha value is -2.63. The molecule has 1 heterocycles. The number of nitrogens with one attached hydrogen (secondary N) is 2. The van der Waals surface area contributed by atoms with Gasteiger partial charge in [0.15, 0.2) is 5.78 Å². The van der Waals surface area contributed by atoms with Gasteiger partial charge in [-0.3, -0.25) is 4.79 Å². The molecule has 0 radical (unpaired) electrons. The summed E-state index contributed by atoms with van der Waals surface area (Å²) in [5, 5.41) is 0.576. The lowest BCUT2D eigenvalue weighted by atomic mass is 9.92. The van der Waals surface area contributed by atoms with E-state index in [2.05, 4.69) is 10.9 Å². The zero-order chi connectivity index (χ0) is 17.8. The molecule has 3 rings (SSSR count). The lowest BCUT2D eigenvalue weighted by molar-refractivity contribution is -0.138. The summed E-state index contributed by atoms with van der Waals surface area (Å²) >= 11 is 5.96. The zero-order valence-corrected chi connectivity index (χ0v) is 14.3. The number of ketones is 1. The number of esters is 1. The number of carbonyl (C=O) groups excluding carboxylic acids is 2. The largest absolute Gasteiger partial charge is 0.461 e. The molecule has 0 aliphatic carbocycles. The Labute approximate surface area is 150 Å². The molecule has 0 fully saturated rings. The summed E-state index contributed by atoms with van der Waals surface area (Å²) in [7, 11) is 0. The summed E-state index contributed by atoms with van der Waals surface area (Å²) in [5.74, 6) is -0.652. The van der Waals surface area contributed by atoms with Crippen molar-refractivity contribution in [3.05, 3.63) is 76.4 Å². The molecular weight excluding hydrogens is 340 g/mol. The van der Waals surface area contributed by atoms with Gasteiger partial charge in [-0.1, -0.05) is 54.1 Å². The van der Waals surface area contributed by atoms with Crippen molar-refractivity contribution >= 4 is 28.9 Å². The van der Waals surface area contributed by atoms with Gasteiger partial charge in [0.25, 0.3) is 0 Å². The summed E-state index contributed by atoms with van der Waals surface area (Å²) in [6.07, 6.45) is 0. The van der Waals surface area contributed by atoms with Crippen molar-refractivity contribution < 1.29 is 14.3 Å². The number of ether oxygens (including phenoxy) is 1. The molecule has 0 amide bonds. The van der Waals surface area contributed by atoms with Crippen LogP contribution in [0.4, 0.5) is 0 Å². The summed E-state index contributed by atoms with van der Waals surface area (Å²) in [5.41, 5.74) is 7.76. The lowest BCUT2D eigenvalue weighted by Crippen LogP contribution is -2.39. The van der Waals surface area contributed by atoms with Crippen LogP contribution >= 0.6 is 11.6 Å². The molecule has 0 bridgehead atoms. The number of hydrogen-bond donors (Lipinski definition) is 2. The number of hydrazine groups is 1. The van der Waals surface area contributed by atoms with Crippen molar-refractivity contribution in [1.29, 1.82) is 0 Å². The fraction of sp³-hybridized carbons (Fsp3) is 0.158. The molecule has 0 saturated heterocycles. The molecule has 25 heavy (non-hydrogen) atoms. The lowest BCUT2D eigenvalue weighted by Gasteiger charge is -2.14. The zero-order valence-electron chi connectivity index (χ0n) is 13.6. The van der Waals surface area contributed by atoms with Crippen LogP contribution in [0.3, 0.4) is 0 Å². The SMILES string of the molecule is CCOC(=O)C1=C(c2ccc(Cl)cc2)[C@@H](C(=O)c2ccccc2)NN1. The van der Waals surface area contributed by atoms with Crippen LogP contribution in [-0.2, 0) is 9.53 Å². The smallest absolute Gasteiger partial charge is 0.356 e. The molecule has 6 heteroatoms. The van der Waals surface area contributed by atoms with Gasteiger partial charge < -0.3 is 10.2 Å². The van der Waals surface area contributed by atoms with Crippen molar-refractivity contribution in [3.8, 4) is 0 Å². The van der Waals surface area contributed by atoms with Gasteiger partial charge in [-0.2, -0.15) is 0 Å². The molecule has 0 saturated carbocycles. The van der Waals surface area contributed by atoms with Gasteiger partial charge >= 0.3 is 5.97 Å². The molecule has 1 aliphatic heterocycles. The second kappa shape index (κ2) is 7.51. The van der Waals surface area contributed by atoms with E-state index in [-0.39, 0.29) is 18.1 Å². The topological polar surface area (TPSA) is 67.4 Å². The van der Waals surface area contributed by atoms with Crippen LogP contribution in [0, 0.1) is 0 Å². The standard InChI is InChI=1S/C19H17ClN2O3/c1-2-25-19(24)17-15(12-8-10-14(20)11-9-12)16(21-22-17)18(23)13-6-4-3-5-7-13/h3-11,16,21-22H,2H2,1H3/t16-/m0/s1. The van der Waals surface area contributed by atoms with Gasteiger partial charge in [0, 0.05) is 16.2 Å². The van der Waals surface area contributed by atoms with Gasteiger partial charge in [-0.25, -0.2) is 10.2 Å². The summed E-state index contributed by atoms with van der Waals surface area (Å²) < 4.78 is 5.10. The second-order valence-corrected chi connectivity index (χ2v) is 5.89. The number of benzene rings is 2. The minimum atomic E-state index is -0.706. The van der Waals surface area contributed by atoms with E-state index in [0.29, 0.717) is 16.2 Å². The predicted octanol–water partition coefficient (Wildman–Crippen LogP) is 2.97. The maximum Gasteiger partial charge on any atom is 0.356 e. The maximum absolute atomic E-state index is 12.9. The third-order valence-corrected chi connectivity index (χ3v) is 4.11. The van der Waals surface area contributed by atoms with Crippen molar-refractivity contribution in [2.45, 2.75) is 13.0 Å². The molecule has 0 unspecified atom stereocenters. The highest BCUT2D eigenvalue weighted by Crippen LogP contribution is 2.29. The van der Waals surface area contributed by atoms with Crippen molar-refractivity contribution in [3.63, 3.8) is 0 Å². The van der Waals surface area contributed by atoms with Crippen LogP contribution in [0.15, 0.2) is 60.3 Å². The van der Waals surface area contributed by atoms with Crippen LogP contribution in [0.2, 0.25) is 5.02 Å². The molecule has 2 N–H and O–H groups in total. The van der Waals surface area contributed by atoms with Crippen molar-refractivity contribution in [1.82, 2.24) is 10.9 Å². The quantitative estimate of drug-likeness (QED) is 0.637. The predicted molar refractivity (Wildman–Crippen MR) is 95.8 cm³/mol. The first kappa shape index (κ1) is 17.2. The second-order valence-electron chi connectivity index (χ2n) is 5.45. The van der Waals surface area contributed by atoms with E-state index in [4.69, 9.17) is 16.3 Å². The van der Waals surface area contributed by atoms with E-state index >= 15 is 0 Å². The number of carbonyl (C=O) groups is 2. The highest BCUT2D eigenvalue weighted by Gasteiger charge is 2.35. The Morgan fingerprint density at radius 2 is 1.76 bits per heavy atom. The Bertz CT molecular complexity index is 816. The molecule has 0 aromatic heterocycles. The fourth-order valence-corrected chi connectivity index (χ4v) is 2.82. The van der Waals surface area contributed by atoms with Crippen LogP contribution in [-0.4, -0.2) is 24.4 Å². The monoisotopic (exact) mass is 356 g/mol. The minimum absolute atomic E-state index is 0.141. The molecular formula is C19H17ClN2O3. The number of hydrogen-bond acceptors (Lipinski definition) is 5. The first-order valence-corrected chi connectivity index (χ1v) is 8.27. The summed E-state index contributed by atoms with van der Waals surface area (Å²) in [6.45, 7) is 1.98. The molecule has 5 nitrogen and oxygen atoms in total. The summed E-state index contributed by atoms with van der Waals surface area (Å²) in [4.78, 5) is 25.2. The van der Waals surface area contributed by atoms with Gasteiger partial charge in [0.05, 0.1) is 6.61 Å². The van der Waals surface area contributed by atoms with Crippen LogP contribution in [0.5, 0.6) is 0 Å². The molecule has 1 atom stereocenters. The number of halogens is 1. The van der Waals surface area contributed by atoms with E-state index in [1.807, 2.05) is 6.07 Å². The first-order chi connectivity index (χ1) is 12.1. The van der Waals surface area contributed by atoms with Gasteiger partial charge in [0.2, 0.25) is 0 Å². The Balaban J connectivity index is 2.04. The minimum Gasteiger partial charge on any atom is -0.461 e. The third kappa shape index (κ3) is 3.57. The molecule has 128 valence electrons. The van der Waals surface area contributed by atoms with Gasteiger partial charge in [0.1, 0.15) is 11.7 Å². The molecule has 2 aromatic carbocycles. The molecule has 0 spiro atoms. The summed E-state index contributed by atoms with van der Waals surface area (Å²) in [6, 6.07) is 15.2. The average molecular weight is 357 g/mol. The Kier molecular flexibility index (Phi) is 5.16. The average Bonchev–Trinajstić information content (AvgIpc) is 3.08. The van der Waals surface area contributed by atoms with E-state index in [1.165, 1.54) is 0 Å². The van der Waals surface area contributed by atoms with Crippen molar-refractivity contribution in [2.75, 3.05) is 6.61 Å². The molecule has 2 aromatic rings. The van der Waals surface area contributed by atoms with Crippen molar-refractivity contribution in [2.24, 2.45) is 0 Å². The van der Waals surface area contributed by atoms with Crippen LogP contribution in [0.1, 0.15) is 22.8 Å². The third-order valence-electron chi connectivity index (χ3n) is 3.85. The van der Waals surface area contributed by atoms with E-state index in [1.54, 1.807) is 55.5 Å². The maximum atomic E-state index is 12.9. The van der Waals surface area contributed by atoms with Crippen LogP contribution < -0.4 is 10.9 Å². The van der Waals surface area contributed by atoms with E-state index < -0.39 is 12.0 Å². The van der Waals surface area contributed by atoms with Gasteiger partial charge in [-0.05, 0) is 24.6 Å². The first-order valence-electron chi connectivity index (χ1n) is 7.90. The number of Topliss-reactive ketones (excluding diaryl/α,β-unsaturated/α-hetero) is 1. The normalized spacial score (nSPS) is 16.5. The highest BCUT2D eigenvalue weighted by atomic mass is 35.5. The van der Waals surface area contributed by atoms with Gasteiger partial charge in [-0.15, -0.1) is 0 Å². The van der Waals surface area contributed by atoms with E-state index in [0.717, 1.165) is 5.56 Å². The fourth-order valence-electron chi connectivity index (χ4n) is 2.70. The Morgan fingerprint density at radius 3 is 2.40 bits per heavy atom.